The quantitative estimate of drug-likeness (QED) is 0.877. The zero-order valence-corrected chi connectivity index (χ0v) is 13.5. The summed E-state index contributed by atoms with van der Waals surface area (Å²) < 4.78 is 0.974. The summed E-state index contributed by atoms with van der Waals surface area (Å²) in [5.41, 5.74) is 1.04. The van der Waals surface area contributed by atoms with E-state index in [0.29, 0.717) is 26.2 Å². The number of hydrogen-bond donors (Lipinski definition) is 1. The Morgan fingerprint density at radius 3 is 2.81 bits per heavy atom. The highest BCUT2D eigenvalue weighted by atomic mass is 79.9. The minimum absolute atomic E-state index is 0.0922. The molecule has 0 bridgehead atoms. The van der Waals surface area contributed by atoms with Crippen LogP contribution in [0.25, 0.3) is 0 Å². The molecule has 2 rings (SSSR count). The fourth-order valence-electron chi connectivity index (χ4n) is 2.66. The van der Waals surface area contributed by atoms with E-state index in [2.05, 4.69) is 15.9 Å². The predicted octanol–water partition coefficient (Wildman–Crippen LogP) is 1.96. The third kappa shape index (κ3) is 4.04. The lowest BCUT2D eigenvalue weighted by Crippen LogP contribution is -2.57. The van der Waals surface area contributed by atoms with Gasteiger partial charge in [-0.25, -0.2) is 0 Å². The van der Waals surface area contributed by atoms with Crippen molar-refractivity contribution in [1.82, 2.24) is 9.80 Å². The number of halogens is 1. The Bertz CT molecular complexity index is 535. The number of piperazine rings is 1. The zero-order valence-electron chi connectivity index (χ0n) is 12.0. The molecule has 6 heteroatoms. The molecule has 1 saturated heterocycles. The number of rotatable bonds is 5. The maximum Gasteiger partial charge on any atom is 0.305 e. The van der Waals surface area contributed by atoms with Crippen molar-refractivity contribution in [2.45, 2.75) is 25.9 Å². The van der Waals surface area contributed by atoms with Gasteiger partial charge in [0.15, 0.2) is 0 Å². The van der Waals surface area contributed by atoms with Crippen LogP contribution in [-0.2, 0) is 16.1 Å². The molecule has 21 heavy (non-hydrogen) atoms. The summed E-state index contributed by atoms with van der Waals surface area (Å²) >= 11 is 3.42. The highest BCUT2D eigenvalue weighted by Gasteiger charge is 2.35. The number of likely N-dealkylation sites (N-methyl/N-ethyl adjacent to an activating group) is 1. The van der Waals surface area contributed by atoms with Gasteiger partial charge in [0, 0.05) is 24.1 Å². The van der Waals surface area contributed by atoms with Gasteiger partial charge in [-0.1, -0.05) is 35.0 Å². The van der Waals surface area contributed by atoms with E-state index >= 15 is 0 Å². The van der Waals surface area contributed by atoms with Crippen molar-refractivity contribution in [3.05, 3.63) is 34.3 Å². The first-order chi connectivity index (χ1) is 10.0. The van der Waals surface area contributed by atoms with Gasteiger partial charge in [-0.05, 0) is 24.2 Å². The molecule has 0 spiro atoms. The Kier molecular flexibility index (Phi) is 5.36. The third-order valence-corrected chi connectivity index (χ3v) is 4.22. The first kappa shape index (κ1) is 16.0. The van der Waals surface area contributed by atoms with Crippen LogP contribution in [0, 0.1) is 0 Å². The second-order valence-electron chi connectivity index (χ2n) is 5.13. The number of benzene rings is 1. The normalized spacial score (nSPS) is 19.8. The van der Waals surface area contributed by atoms with E-state index in [4.69, 9.17) is 5.11 Å². The average molecular weight is 355 g/mol. The number of carboxylic acids is 1. The van der Waals surface area contributed by atoms with E-state index < -0.39 is 12.0 Å². The van der Waals surface area contributed by atoms with Crippen molar-refractivity contribution in [3.8, 4) is 0 Å². The lowest BCUT2D eigenvalue weighted by Gasteiger charge is -2.39. The van der Waals surface area contributed by atoms with Crippen LogP contribution in [0.15, 0.2) is 28.7 Å². The molecular formula is C15H19BrN2O3. The first-order valence-electron chi connectivity index (χ1n) is 7.00. The molecule has 114 valence electrons. The highest BCUT2D eigenvalue weighted by molar-refractivity contribution is 9.10. The van der Waals surface area contributed by atoms with Gasteiger partial charge in [0.1, 0.15) is 0 Å². The van der Waals surface area contributed by atoms with Crippen LogP contribution in [0.4, 0.5) is 0 Å². The number of aliphatic carboxylic acids is 1. The lowest BCUT2D eigenvalue weighted by atomic mass is 10.1. The highest BCUT2D eigenvalue weighted by Crippen LogP contribution is 2.19. The standard InChI is InChI=1S/C15H19BrN2O3/c1-2-17-6-7-18(15(21)13(17)9-14(19)20)10-11-4-3-5-12(16)8-11/h3-5,8,13H,2,6-7,9-10H2,1H3,(H,19,20). The molecule has 1 aliphatic rings. The minimum Gasteiger partial charge on any atom is -0.481 e. The van der Waals surface area contributed by atoms with Crippen LogP contribution in [0.1, 0.15) is 18.9 Å². The van der Waals surface area contributed by atoms with Gasteiger partial charge in [0.05, 0.1) is 12.5 Å². The number of hydrogen-bond acceptors (Lipinski definition) is 3. The molecule has 0 aromatic heterocycles. The Morgan fingerprint density at radius 2 is 2.19 bits per heavy atom. The van der Waals surface area contributed by atoms with Crippen molar-refractivity contribution in [1.29, 1.82) is 0 Å². The minimum atomic E-state index is -0.934. The van der Waals surface area contributed by atoms with Gasteiger partial charge in [0.25, 0.3) is 0 Å². The number of carboxylic acid groups (broad SMARTS) is 1. The summed E-state index contributed by atoms with van der Waals surface area (Å²) in [5.74, 6) is -1.03. The van der Waals surface area contributed by atoms with E-state index in [0.717, 1.165) is 10.0 Å². The van der Waals surface area contributed by atoms with Crippen LogP contribution in [0.5, 0.6) is 0 Å². The van der Waals surface area contributed by atoms with Crippen molar-refractivity contribution < 1.29 is 14.7 Å². The summed E-state index contributed by atoms with van der Waals surface area (Å²) in [7, 11) is 0. The van der Waals surface area contributed by atoms with Crippen molar-refractivity contribution in [2.75, 3.05) is 19.6 Å². The van der Waals surface area contributed by atoms with Crippen LogP contribution in [0.2, 0.25) is 0 Å². The maximum atomic E-state index is 12.5. The average Bonchev–Trinajstić information content (AvgIpc) is 2.43. The van der Waals surface area contributed by atoms with Gasteiger partial charge in [-0.3, -0.25) is 14.5 Å². The Labute approximate surface area is 132 Å². The molecule has 1 amide bonds. The molecular weight excluding hydrogens is 336 g/mol. The summed E-state index contributed by atoms with van der Waals surface area (Å²) in [6.45, 7) is 4.51. The Morgan fingerprint density at radius 1 is 1.43 bits per heavy atom. The van der Waals surface area contributed by atoms with E-state index in [1.165, 1.54) is 0 Å². The summed E-state index contributed by atoms with van der Waals surface area (Å²) in [6.07, 6.45) is -0.137. The van der Waals surface area contributed by atoms with Crippen LogP contribution < -0.4 is 0 Å². The van der Waals surface area contributed by atoms with E-state index in [9.17, 15) is 9.59 Å². The fourth-order valence-corrected chi connectivity index (χ4v) is 3.10. The molecule has 0 saturated carbocycles. The number of amides is 1. The van der Waals surface area contributed by atoms with Crippen LogP contribution in [0.3, 0.4) is 0 Å². The van der Waals surface area contributed by atoms with Crippen LogP contribution in [-0.4, -0.2) is 52.5 Å². The summed E-state index contributed by atoms with van der Waals surface area (Å²) in [5, 5.41) is 9.01. The summed E-state index contributed by atoms with van der Waals surface area (Å²) in [4.78, 5) is 27.2. The molecule has 0 aliphatic carbocycles. The number of carbonyl (C=O) groups excluding carboxylic acids is 1. The predicted molar refractivity (Wildman–Crippen MR) is 82.8 cm³/mol. The zero-order chi connectivity index (χ0) is 15.4. The van der Waals surface area contributed by atoms with Crippen molar-refractivity contribution in [2.24, 2.45) is 0 Å². The van der Waals surface area contributed by atoms with E-state index in [1.54, 1.807) is 4.90 Å². The van der Waals surface area contributed by atoms with Gasteiger partial charge < -0.3 is 10.0 Å². The Balaban J connectivity index is 2.11. The summed E-state index contributed by atoms with van der Waals surface area (Å²) in [6, 6.07) is 7.27. The fraction of sp³-hybridized carbons (Fsp3) is 0.467. The van der Waals surface area contributed by atoms with E-state index in [1.807, 2.05) is 36.1 Å². The monoisotopic (exact) mass is 354 g/mol. The second-order valence-corrected chi connectivity index (χ2v) is 6.05. The van der Waals surface area contributed by atoms with E-state index in [-0.39, 0.29) is 12.3 Å². The smallest absolute Gasteiger partial charge is 0.305 e. The SMILES string of the molecule is CCN1CCN(Cc2cccc(Br)c2)C(=O)C1CC(=O)O. The Hall–Kier alpha value is -1.40. The van der Waals surface area contributed by atoms with Gasteiger partial charge in [0.2, 0.25) is 5.91 Å². The van der Waals surface area contributed by atoms with Gasteiger partial charge in [-0.2, -0.15) is 0 Å². The largest absolute Gasteiger partial charge is 0.481 e. The van der Waals surface area contributed by atoms with Crippen LogP contribution >= 0.6 is 15.9 Å². The molecule has 0 radical (unpaired) electrons. The van der Waals surface area contributed by atoms with Gasteiger partial charge >= 0.3 is 5.97 Å². The molecule has 1 aliphatic heterocycles. The molecule has 1 unspecified atom stereocenters. The molecule has 1 atom stereocenters. The van der Waals surface area contributed by atoms with Gasteiger partial charge in [-0.15, -0.1) is 0 Å². The maximum absolute atomic E-state index is 12.5. The molecule has 5 nitrogen and oxygen atoms in total. The number of carbonyl (C=O) groups is 2. The third-order valence-electron chi connectivity index (χ3n) is 3.73. The molecule has 1 aromatic carbocycles. The topological polar surface area (TPSA) is 60.9 Å². The van der Waals surface area contributed by atoms with Crippen molar-refractivity contribution in [3.63, 3.8) is 0 Å². The second kappa shape index (κ2) is 7.04. The van der Waals surface area contributed by atoms with Crippen molar-refractivity contribution >= 4 is 27.8 Å². The molecule has 1 heterocycles. The molecule has 1 fully saturated rings. The molecule has 1 N–H and O–H groups in total. The first-order valence-corrected chi connectivity index (χ1v) is 7.79. The molecule has 1 aromatic rings. The lowest BCUT2D eigenvalue weighted by molar-refractivity contribution is -0.149. The number of nitrogens with zero attached hydrogens (tertiary/aromatic N) is 2.